The van der Waals surface area contributed by atoms with Crippen molar-refractivity contribution in [3.63, 3.8) is 0 Å². The number of nitrogens with zero attached hydrogens (tertiary/aromatic N) is 1. The first-order valence-corrected chi connectivity index (χ1v) is 6.38. The number of fused-ring (bicyclic) bond motifs is 1. The quantitative estimate of drug-likeness (QED) is 0.843. The van der Waals surface area contributed by atoms with Crippen molar-refractivity contribution in [2.24, 2.45) is 0 Å². The molecule has 1 aliphatic rings. The van der Waals surface area contributed by atoms with Crippen molar-refractivity contribution in [2.75, 3.05) is 6.54 Å². The zero-order chi connectivity index (χ0) is 11.2. The predicted molar refractivity (Wildman–Crippen MR) is 68.4 cm³/mol. The van der Waals surface area contributed by atoms with Crippen molar-refractivity contribution >= 4 is 26.8 Å². The van der Waals surface area contributed by atoms with E-state index in [4.69, 9.17) is 0 Å². The highest BCUT2D eigenvalue weighted by molar-refractivity contribution is 9.10. The fourth-order valence-electron chi connectivity index (χ4n) is 2.61. The van der Waals surface area contributed by atoms with Gasteiger partial charge in [-0.15, -0.1) is 0 Å². The van der Waals surface area contributed by atoms with Gasteiger partial charge < -0.3 is 5.32 Å². The van der Waals surface area contributed by atoms with Crippen molar-refractivity contribution in [3.8, 4) is 0 Å². The Hall–Kier alpha value is -0.870. The molecule has 84 valence electrons. The van der Waals surface area contributed by atoms with Crippen LogP contribution in [0.2, 0.25) is 0 Å². The van der Waals surface area contributed by atoms with Gasteiger partial charge in [-0.25, -0.2) is 0 Å². The second-order valence-corrected chi connectivity index (χ2v) is 5.39. The summed E-state index contributed by atoms with van der Waals surface area (Å²) in [4.78, 5) is 0. The lowest BCUT2D eigenvalue weighted by Crippen LogP contribution is -2.33. The summed E-state index contributed by atoms with van der Waals surface area (Å²) in [5.74, 6) is 0. The van der Waals surface area contributed by atoms with Crippen molar-refractivity contribution in [3.05, 3.63) is 28.4 Å². The molecule has 2 heterocycles. The lowest BCUT2D eigenvalue weighted by Gasteiger charge is -2.25. The zero-order valence-corrected chi connectivity index (χ0v) is 10.8. The molecule has 4 heteroatoms. The molecule has 1 fully saturated rings. The van der Waals surface area contributed by atoms with Gasteiger partial charge in [-0.1, -0.05) is 12.1 Å². The standard InChI is InChI=1S/C12H14BrN3/c1-12(6-3-7-14-12)8-4-2-5-9-10(8)11(13)16-15-9/h2,4-5,14H,3,6-7H2,1H3,(H,15,16). The molecular weight excluding hydrogens is 266 g/mol. The molecule has 1 unspecified atom stereocenters. The highest BCUT2D eigenvalue weighted by Gasteiger charge is 2.32. The van der Waals surface area contributed by atoms with Gasteiger partial charge in [0.1, 0.15) is 4.60 Å². The van der Waals surface area contributed by atoms with Crippen LogP contribution in [0.1, 0.15) is 25.3 Å². The predicted octanol–water partition coefficient (Wildman–Crippen LogP) is 2.92. The zero-order valence-electron chi connectivity index (χ0n) is 9.18. The average molecular weight is 280 g/mol. The summed E-state index contributed by atoms with van der Waals surface area (Å²) >= 11 is 3.54. The number of rotatable bonds is 1. The van der Waals surface area contributed by atoms with E-state index in [1.807, 2.05) is 6.07 Å². The Bertz CT molecular complexity index is 526. The third-order valence-electron chi connectivity index (χ3n) is 3.50. The summed E-state index contributed by atoms with van der Waals surface area (Å²) in [6, 6.07) is 6.32. The minimum atomic E-state index is 0.0892. The molecule has 1 atom stereocenters. The number of hydrogen-bond donors (Lipinski definition) is 2. The number of halogens is 1. The van der Waals surface area contributed by atoms with Crippen LogP contribution in [0.4, 0.5) is 0 Å². The molecular formula is C12H14BrN3. The minimum absolute atomic E-state index is 0.0892. The van der Waals surface area contributed by atoms with E-state index in [0.29, 0.717) is 0 Å². The summed E-state index contributed by atoms with van der Waals surface area (Å²) < 4.78 is 0.980. The van der Waals surface area contributed by atoms with Crippen LogP contribution in [0.5, 0.6) is 0 Å². The molecule has 1 aromatic heterocycles. The van der Waals surface area contributed by atoms with E-state index in [2.05, 4.69) is 50.5 Å². The summed E-state index contributed by atoms with van der Waals surface area (Å²) in [6.07, 6.45) is 2.42. The van der Waals surface area contributed by atoms with Gasteiger partial charge in [0.25, 0.3) is 0 Å². The van der Waals surface area contributed by atoms with Crippen molar-refractivity contribution in [2.45, 2.75) is 25.3 Å². The summed E-state index contributed by atoms with van der Waals surface area (Å²) in [5.41, 5.74) is 2.45. The first-order chi connectivity index (χ1) is 7.71. The fourth-order valence-corrected chi connectivity index (χ4v) is 3.12. The van der Waals surface area contributed by atoms with Crippen molar-refractivity contribution in [1.29, 1.82) is 0 Å². The van der Waals surface area contributed by atoms with Gasteiger partial charge in [0.05, 0.1) is 5.52 Å². The lowest BCUT2D eigenvalue weighted by molar-refractivity contribution is 0.438. The molecule has 0 spiro atoms. The van der Waals surface area contributed by atoms with Crippen LogP contribution >= 0.6 is 15.9 Å². The highest BCUT2D eigenvalue weighted by Crippen LogP contribution is 2.36. The number of benzene rings is 1. The Morgan fingerprint density at radius 1 is 1.44 bits per heavy atom. The van der Waals surface area contributed by atoms with Crippen LogP contribution in [-0.4, -0.2) is 16.7 Å². The van der Waals surface area contributed by atoms with Crippen LogP contribution in [0, 0.1) is 0 Å². The van der Waals surface area contributed by atoms with E-state index < -0.39 is 0 Å². The fraction of sp³-hybridized carbons (Fsp3) is 0.417. The second kappa shape index (κ2) is 3.57. The van der Waals surface area contributed by atoms with Crippen molar-refractivity contribution in [1.82, 2.24) is 15.5 Å². The number of aromatic amines is 1. The maximum Gasteiger partial charge on any atom is 0.109 e. The lowest BCUT2D eigenvalue weighted by atomic mass is 9.88. The molecule has 1 aromatic carbocycles. The Morgan fingerprint density at radius 3 is 3.06 bits per heavy atom. The Morgan fingerprint density at radius 2 is 2.31 bits per heavy atom. The number of aromatic nitrogens is 2. The number of H-pyrrole nitrogens is 1. The average Bonchev–Trinajstić information content (AvgIpc) is 2.87. The Labute approximate surface area is 103 Å². The minimum Gasteiger partial charge on any atom is -0.308 e. The van der Waals surface area contributed by atoms with Crippen LogP contribution in [0.3, 0.4) is 0 Å². The van der Waals surface area contributed by atoms with E-state index in [9.17, 15) is 0 Å². The van der Waals surface area contributed by atoms with E-state index >= 15 is 0 Å². The number of hydrogen-bond acceptors (Lipinski definition) is 2. The van der Waals surface area contributed by atoms with Crippen LogP contribution in [-0.2, 0) is 5.54 Å². The highest BCUT2D eigenvalue weighted by atomic mass is 79.9. The van der Waals surface area contributed by atoms with Crippen molar-refractivity contribution < 1.29 is 0 Å². The van der Waals surface area contributed by atoms with Crippen LogP contribution < -0.4 is 5.32 Å². The molecule has 0 amide bonds. The molecule has 1 saturated heterocycles. The molecule has 2 aromatic rings. The molecule has 0 bridgehead atoms. The maximum absolute atomic E-state index is 4.28. The summed E-state index contributed by atoms with van der Waals surface area (Å²) in [7, 11) is 0. The van der Waals surface area contributed by atoms with Gasteiger partial charge in [-0.2, -0.15) is 5.10 Å². The molecule has 3 nitrogen and oxygen atoms in total. The largest absolute Gasteiger partial charge is 0.308 e. The molecule has 2 N–H and O–H groups in total. The van der Waals surface area contributed by atoms with Crippen LogP contribution in [0.15, 0.2) is 22.8 Å². The second-order valence-electron chi connectivity index (χ2n) is 4.60. The van der Waals surface area contributed by atoms with Crippen LogP contribution in [0.25, 0.3) is 10.9 Å². The summed E-state index contributed by atoms with van der Waals surface area (Å²) in [5, 5.41) is 12.1. The van der Waals surface area contributed by atoms with Gasteiger partial charge in [-0.3, -0.25) is 5.10 Å². The molecule has 16 heavy (non-hydrogen) atoms. The topological polar surface area (TPSA) is 40.7 Å². The molecule has 0 saturated carbocycles. The monoisotopic (exact) mass is 279 g/mol. The third-order valence-corrected chi connectivity index (χ3v) is 4.07. The van der Waals surface area contributed by atoms with Gasteiger partial charge in [0, 0.05) is 10.9 Å². The first-order valence-electron chi connectivity index (χ1n) is 5.59. The van der Waals surface area contributed by atoms with Gasteiger partial charge >= 0.3 is 0 Å². The number of nitrogens with one attached hydrogen (secondary N) is 2. The smallest absolute Gasteiger partial charge is 0.109 e. The van der Waals surface area contributed by atoms with Gasteiger partial charge in [0.15, 0.2) is 0 Å². The summed E-state index contributed by atoms with van der Waals surface area (Å²) in [6.45, 7) is 3.37. The molecule has 1 aliphatic heterocycles. The van der Waals surface area contributed by atoms with E-state index in [1.54, 1.807) is 0 Å². The SMILES string of the molecule is CC1(c2cccc3n[nH]c(Br)c23)CCCN1. The van der Waals surface area contributed by atoms with E-state index in [-0.39, 0.29) is 5.54 Å². The van der Waals surface area contributed by atoms with Gasteiger partial charge in [-0.05, 0) is 53.9 Å². The van der Waals surface area contributed by atoms with E-state index in [1.165, 1.54) is 23.8 Å². The Balaban J connectivity index is 2.26. The van der Waals surface area contributed by atoms with E-state index in [0.717, 1.165) is 16.7 Å². The normalized spacial score (nSPS) is 25.4. The first kappa shape index (κ1) is 10.3. The molecule has 3 rings (SSSR count). The molecule has 0 aliphatic carbocycles. The third kappa shape index (κ3) is 1.40. The maximum atomic E-state index is 4.28. The Kier molecular flexibility index (Phi) is 2.30. The molecule has 0 radical (unpaired) electrons. The van der Waals surface area contributed by atoms with Gasteiger partial charge in [0.2, 0.25) is 0 Å².